The minimum Gasteiger partial charge on any atom is -0.493 e. The van der Waals surface area contributed by atoms with Crippen molar-refractivity contribution in [2.45, 2.75) is 13.0 Å². The summed E-state index contributed by atoms with van der Waals surface area (Å²) in [5.74, 6) is 3.09. The topological polar surface area (TPSA) is 130 Å². The fourth-order valence-electron chi connectivity index (χ4n) is 4.05. The first-order valence-electron chi connectivity index (χ1n) is 10.9. The van der Waals surface area contributed by atoms with Crippen molar-refractivity contribution in [2.24, 2.45) is 7.05 Å². The molecule has 0 spiro atoms. The molecule has 0 aliphatic rings. The summed E-state index contributed by atoms with van der Waals surface area (Å²) < 4.78 is 15.7. The van der Waals surface area contributed by atoms with Gasteiger partial charge in [-0.25, -0.2) is 14.5 Å². The van der Waals surface area contributed by atoms with Crippen LogP contribution < -0.4 is 25.3 Å². The van der Waals surface area contributed by atoms with Crippen LogP contribution in [-0.2, 0) is 20.0 Å². The van der Waals surface area contributed by atoms with E-state index in [1.165, 1.54) is 21.6 Å². The lowest BCUT2D eigenvalue weighted by atomic mass is 10.1. The molecule has 2 aromatic carbocycles. The lowest BCUT2D eigenvalue weighted by Crippen LogP contribution is -2.35. The molecule has 178 valence electrons. The maximum atomic E-state index is 13.0. The predicted molar refractivity (Wildman–Crippen MR) is 129 cm³/mol. The van der Waals surface area contributed by atoms with Crippen molar-refractivity contribution >= 4 is 17.0 Å². The Kier molecular flexibility index (Phi) is 5.65. The number of nitrogens with zero attached hydrogens (tertiary/aromatic N) is 6. The predicted octanol–water partition coefficient (Wildman–Crippen LogP) is 1.37. The van der Waals surface area contributed by atoms with Crippen LogP contribution in [0.1, 0.15) is 17.2 Å². The zero-order valence-electron chi connectivity index (χ0n) is 19.6. The Morgan fingerprint density at radius 3 is 2.63 bits per heavy atom. The Morgan fingerprint density at radius 1 is 1.09 bits per heavy atom. The van der Waals surface area contributed by atoms with E-state index < -0.39 is 0 Å². The van der Waals surface area contributed by atoms with Crippen LogP contribution in [0, 0.1) is 0 Å². The Bertz CT molecular complexity index is 1580. The first kappa shape index (κ1) is 22.1. The van der Waals surface area contributed by atoms with Crippen molar-refractivity contribution in [3.05, 3.63) is 82.4 Å². The number of anilines is 1. The van der Waals surface area contributed by atoms with E-state index in [0.29, 0.717) is 36.1 Å². The van der Waals surface area contributed by atoms with Crippen LogP contribution in [0.5, 0.6) is 11.5 Å². The molecule has 0 unspecified atom stereocenters. The average molecular weight is 474 g/mol. The van der Waals surface area contributed by atoms with Crippen LogP contribution in [0.15, 0.2) is 59.7 Å². The Labute approximate surface area is 200 Å². The second-order valence-electron chi connectivity index (χ2n) is 8.03. The molecule has 11 nitrogen and oxygen atoms in total. The third kappa shape index (κ3) is 4.19. The maximum Gasteiger partial charge on any atom is 0.275 e. The van der Waals surface area contributed by atoms with Crippen molar-refractivity contribution in [1.29, 1.82) is 0 Å². The van der Waals surface area contributed by atoms with Crippen molar-refractivity contribution in [2.75, 3.05) is 20.0 Å². The third-order valence-electron chi connectivity index (χ3n) is 5.85. The molecule has 11 heteroatoms. The monoisotopic (exact) mass is 473 g/mol. The number of ether oxygens (including phenoxy) is 2. The average Bonchev–Trinajstić information content (AvgIpc) is 3.39. The van der Waals surface area contributed by atoms with Gasteiger partial charge >= 0.3 is 0 Å². The van der Waals surface area contributed by atoms with Gasteiger partial charge in [-0.15, -0.1) is 5.10 Å². The van der Waals surface area contributed by atoms with Gasteiger partial charge in [0.25, 0.3) is 11.4 Å². The highest BCUT2D eigenvalue weighted by molar-refractivity contribution is 5.70. The minimum atomic E-state index is -0.222. The van der Waals surface area contributed by atoms with Crippen molar-refractivity contribution < 1.29 is 14.0 Å². The fraction of sp³-hybridized carbons (Fsp3) is 0.208. The van der Waals surface area contributed by atoms with Gasteiger partial charge in [-0.05, 0) is 29.8 Å². The van der Waals surface area contributed by atoms with Gasteiger partial charge in [-0.3, -0.25) is 9.36 Å². The van der Waals surface area contributed by atoms with Crippen LogP contribution in [-0.4, -0.2) is 43.5 Å². The van der Waals surface area contributed by atoms with E-state index in [1.807, 2.05) is 54.1 Å². The molecule has 0 saturated heterocycles. The van der Waals surface area contributed by atoms with E-state index >= 15 is 0 Å². The number of imidazole rings is 1. The Hall–Kier alpha value is -4.67. The smallest absolute Gasteiger partial charge is 0.275 e. The van der Waals surface area contributed by atoms with E-state index in [2.05, 4.69) is 20.1 Å². The Morgan fingerprint density at radius 2 is 1.89 bits per heavy atom. The fourth-order valence-corrected chi connectivity index (χ4v) is 4.05. The summed E-state index contributed by atoms with van der Waals surface area (Å²) in [6.45, 7) is 0.343. The summed E-state index contributed by atoms with van der Waals surface area (Å²) >= 11 is 0. The van der Waals surface area contributed by atoms with Gasteiger partial charge in [-0.2, -0.15) is 9.67 Å². The number of rotatable bonds is 7. The molecule has 0 amide bonds. The number of H-pyrrole nitrogens is 1. The number of aryl methyl sites for hydroxylation is 1. The number of aromatic nitrogens is 7. The van der Waals surface area contributed by atoms with Crippen LogP contribution in [0.3, 0.4) is 0 Å². The zero-order valence-corrected chi connectivity index (χ0v) is 19.6. The van der Waals surface area contributed by atoms with E-state index in [-0.39, 0.29) is 11.5 Å². The van der Waals surface area contributed by atoms with Gasteiger partial charge in [0.1, 0.15) is 18.7 Å². The summed E-state index contributed by atoms with van der Waals surface area (Å²) in [5, 5.41) is 4.26. The highest BCUT2D eigenvalue weighted by atomic mass is 16.5. The number of fused-ring (bicyclic) bond motifs is 1. The lowest BCUT2D eigenvalue weighted by Gasteiger charge is -2.10. The Balaban J connectivity index is 1.44. The number of benzene rings is 2. The van der Waals surface area contributed by atoms with E-state index in [9.17, 15) is 4.79 Å². The van der Waals surface area contributed by atoms with Gasteiger partial charge in [-0.1, -0.05) is 18.2 Å². The molecule has 0 aliphatic carbocycles. The highest BCUT2D eigenvalue weighted by Gasteiger charge is 2.18. The zero-order chi connectivity index (χ0) is 24.5. The first-order valence-corrected chi connectivity index (χ1v) is 10.9. The minimum absolute atomic E-state index is 0.0940. The summed E-state index contributed by atoms with van der Waals surface area (Å²) in [4.78, 5) is 25.1. The second kappa shape index (κ2) is 8.93. The molecule has 0 aliphatic heterocycles. The van der Waals surface area contributed by atoms with Crippen molar-refractivity contribution in [3.63, 3.8) is 0 Å². The van der Waals surface area contributed by atoms with Gasteiger partial charge in [0.15, 0.2) is 28.4 Å². The van der Waals surface area contributed by atoms with Crippen LogP contribution >= 0.6 is 0 Å². The van der Waals surface area contributed by atoms with Crippen LogP contribution in [0.4, 0.5) is 5.95 Å². The van der Waals surface area contributed by atoms with Crippen molar-refractivity contribution in [3.8, 4) is 17.3 Å². The molecule has 0 saturated carbocycles. The molecule has 3 aromatic heterocycles. The van der Waals surface area contributed by atoms with E-state index in [1.54, 1.807) is 14.2 Å². The molecular formula is C24H25N8O3+. The molecule has 5 rings (SSSR count). The maximum absolute atomic E-state index is 13.0. The third-order valence-corrected chi connectivity index (χ3v) is 5.85. The van der Waals surface area contributed by atoms with Gasteiger partial charge < -0.3 is 15.2 Å². The SMILES string of the molecule is COc1ccc(Cc2nc(N)nn2-c2cc(=O)n(Cc3[nH]c4ccccc4[n+]3C)cn2)cc1OC. The number of aromatic amines is 1. The van der Waals surface area contributed by atoms with Gasteiger partial charge in [0, 0.05) is 12.5 Å². The standard InChI is InChI=1S/C24H24N8O3/c1-30-17-7-5-4-6-16(17)27-22(30)13-31-14-26-20(12-23(31)33)32-21(28-24(25)29-32)11-15-8-9-18(34-2)19(10-15)35-3/h4-10,12,14H,11,13H2,1-3H3,(H2,25,29)/p+1. The molecule has 0 radical (unpaired) electrons. The van der Waals surface area contributed by atoms with Crippen molar-refractivity contribution in [1.82, 2.24) is 29.3 Å². The molecule has 0 fully saturated rings. The number of nitrogens with two attached hydrogens (primary N) is 1. The largest absolute Gasteiger partial charge is 0.493 e. The number of hydrogen-bond donors (Lipinski definition) is 2. The number of nitrogen functional groups attached to an aromatic ring is 1. The summed E-state index contributed by atoms with van der Waals surface area (Å²) in [6, 6.07) is 15.0. The molecular weight excluding hydrogens is 448 g/mol. The van der Waals surface area contributed by atoms with E-state index in [0.717, 1.165) is 22.4 Å². The second-order valence-corrected chi connectivity index (χ2v) is 8.03. The number of nitrogens with one attached hydrogen (secondary N) is 1. The number of para-hydroxylation sites is 2. The summed E-state index contributed by atoms with van der Waals surface area (Å²) in [6.07, 6.45) is 1.90. The lowest BCUT2D eigenvalue weighted by molar-refractivity contribution is -0.653. The van der Waals surface area contributed by atoms with Gasteiger partial charge in [0.2, 0.25) is 5.95 Å². The van der Waals surface area contributed by atoms with Gasteiger partial charge in [0.05, 0.1) is 21.3 Å². The first-order chi connectivity index (χ1) is 17.0. The summed E-state index contributed by atoms with van der Waals surface area (Å²) in [7, 11) is 5.12. The van der Waals surface area contributed by atoms with Crippen LogP contribution in [0.25, 0.3) is 16.9 Å². The normalized spacial score (nSPS) is 11.2. The molecule has 3 heterocycles. The molecule has 5 aromatic rings. The molecule has 3 N–H and O–H groups in total. The molecule has 35 heavy (non-hydrogen) atoms. The number of methoxy groups -OCH3 is 2. The molecule has 0 bridgehead atoms. The van der Waals surface area contributed by atoms with Crippen LogP contribution in [0.2, 0.25) is 0 Å². The number of hydrogen-bond acceptors (Lipinski definition) is 7. The highest BCUT2D eigenvalue weighted by Crippen LogP contribution is 2.28. The van der Waals surface area contributed by atoms with E-state index in [4.69, 9.17) is 15.2 Å². The quantitative estimate of drug-likeness (QED) is 0.342. The summed E-state index contributed by atoms with van der Waals surface area (Å²) in [5.41, 5.74) is 8.63. The molecule has 0 atom stereocenters.